The molecule has 0 fully saturated rings. The molecule has 9 nitrogen and oxygen atoms in total. The van der Waals surface area contributed by atoms with E-state index in [1.165, 1.54) is 0 Å². The second kappa shape index (κ2) is 11.8. The van der Waals surface area contributed by atoms with Crippen LogP contribution in [0.15, 0.2) is 83.9 Å². The van der Waals surface area contributed by atoms with Gasteiger partial charge in [0.15, 0.2) is 11.6 Å². The zero-order chi connectivity index (χ0) is 29.9. The number of hydrogen-bond donors (Lipinski definition) is 1. The summed E-state index contributed by atoms with van der Waals surface area (Å²) in [6.45, 7) is 5.75. The van der Waals surface area contributed by atoms with Gasteiger partial charge in [-0.25, -0.2) is 9.89 Å². The van der Waals surface area contributed by atoms with Crippen LogP contribution in [-0.2, 0) is 19.1 Å². The highest BCUT2D eigenvalue weighted by Gasteiger charge is 2.60. The molecule has 1 N–H and O–H groups in total. The number of amides is 2. The normalized spacial score (nSPS) is 19.3. The average Bonchev–Trinajstić information content (AvgIpc) is 3.38. The number of aliphatic hydroxyl groups excluding tert-OH is 1. The van der Waals surface area contributed by atoms with Gasteiger partial charge in [-0.15, -0.1) is 0 Å². The van der Waals surface area contributed by atoms with E-state index in [1.807, 2.05) is 12.1 Å². The van der Waals surface area contributed by atoms with Crippen LogP contribution in [0.5, 0.6) is 5.75 Å². The predicted octanol–water partition coefficient (Wildman–Crippen LogP) is 5.01. The van der Waals surface area contributed by atoms with Crippen molar-refractivity contribution in [3.63, 3.8) is 0 Å². The van der Waals surface area contributed by atoms with E-state index in [0.29, 0.717) is 41.2 Å². The molecule has 3 aromatic rings. The quantitative estimate of drug-likeness (QED) is 0.218. The monoisotopic (exact) mass is 570 g/mol. The lowest BCUT2D eigenvalue weighted by Gasteiger charge is -2.40. The summed E-state index contributed by atoms with van der Waals surface area (Å²) in [6, 6.07) is 22.8. The molecule has 2 aliphatic rings. The summed E-state index contributed by atoms with van der Waals surface area (Å²) in [5.41, 5.74) is -0.287. The molecule has 218 valence electrons. The Morgan fingerprint density at radius 1 is 1.00 bits per heavy atom. The smallest absolute Gasteiger partial charge is 0.306 e. The van der Waals surface area contributed by atoms with Gasteiger partial charge in [-0.05, 0) is 69.7 Å². The molecule has 0 spiro atoms. The van der Waals surface area contributed by atoms with Gasteiger partial charge in [0.2, 0.25) is 5.90 Å². The highest BCUT2D eigenvalue weighted by atomic mass is 16.6. The van der Waals surface area contributed by atoms with Crippen molar-refractivity contribution in [2.45, 2.75) is 57.3 Å². The van der Waals surface area contributed by atoms with E-state index in [1.54, 1.807) is 87.5 Å². The molecule has 0 bridgehead atoms. The van der Waals surface area contributed by atoms with E-state index in [9.17, 15) is 14.4 Å². The number of ether oxygens (including phenoxy) is 3. The number of esters is 1. The molecule has 2 aliphatic heterocycles. The van der Waals surface area contributed by atoms with Gasteiger partial charge < -0.3 is 19.3 Å². The average molecular weight is 571 g/mol. The minimum Gasteiger partial charge on any atom is -0.494 e. The molecule has 5 rings (SSSR count). The first kappa shape index (κ1) is 29.0. The second-order valence-corrected chi connectivity index (χ2v) is 11.2. The molecule has 0 aromatic heterocycles. The summed E-state index contributed by atoms with van der Waals surface area (Å²) in [5.74, 6) is -0.692. The number of carbonyl (C=O) groups is 3. The predicted molar refractivity (Wildman–Crippen MR) is 157 cm³/mol. The maximum Gasteiger partial charge on any atom is 0.306 e. The van der Waals surface area contributed by atoms with Crippen molar-refractivity contribution in [1.29, 1.82) is 0 Å². The molecule has 2 heterocycles. The van der Waals surface area contributed by atoms with Crippen molar-refractivity contribution >= 4 is 29.4 Å². The number of nitrogens with zero attached hydrogens (tertiary/aromatic N) is 2. The maximum absolute atomic E-state index is 14.5. The van der Waals surface area contributed by atoms with E-state index in [0.717, 1.165) is 4.90 Å². The fourth-order valence-electron chi connectivity index (χ4n) is 5.14. The number of fused-ring (bicyclic) bond motifs is 3. The Morgan fingerprint density at radius 3 is 2.38 bits per heavy atom. The first-order valence-electron chi connectivity index (χ1n) is 14.0. The van der Waals surface area contributed by atoms with Crippen molar-refractivity contribution < 1.29 is 33.7 Å². The van der Waals surface area contributed by atoms with E-state index in [4.69, 9.17) is 24.3 Å². The third-order valence-corrected chi connectivity index (χ3v) is 7.02. The molecule has 0 aliphatic carbocycles. The summed E-state index contributed by atoms with van der Waals surface area (Å²) in [5, 5.41) is 9.01. The van der Waals surface area contributed by atoms with Crippen molar-refractivity contribution in [3.8, 4) is 5.75 Å². The second-order valence-electron chi connectivity index (χ2n) is 11.2. The zero-order valence-electron chi connectivity index (χ0n) is 23.9. The molecule has 0 radical (unpaired) electrons. The number of aliphatic imine (C=N–C) groups is 1. The molecular weight excluding hydrogens is 536 g/mol. The molecule has 3 aromatic carbocycles. The van der Waals surface area contributed by atoms with Crippen molar-refractivity contribution in [2.24, 2.45) is 4.99 Å². The molecule has 42 heavy (non-hydrogen) atoms. The molecule has 0 saturated carbocycles. The van der Waals surface area contributed by atoms with Crippen molar-refractivity contribution in [2.75, 3.05) is 18.1 Å². The van der Waals surface area contributed by atoms with E-state index >= 15 is 0 Å². The van der Waals surface area contributed by atoms with Crippen LogP contribution in [0.4, 0.5) is 5.69 Å². The van der Waals surface area contributed by atoms with Crippen molar-refractivity contribution in [3.05, 3.63) is 95.6 Å². The first-order valence-corrected chi connectivity index (χ1v) is 14.0. The number of para-hydroxylation sites is 1. The topological polar surface area (TPSA) is 115 Å². The van der Waals surface area contributed by atoms with Gasteiger partial charge in [-0.1, -0.05) is 36.4 Å². The van der Waals surface area contributed by atoms with Crippen LogP contribution in [-0.4, -0.2) is 53.1 Å². The van der Waals surface area contributed by atoms with Gasteiger partial charge in [0.1, 0.15) is 11.4 Å². The zero-order valence-corrected chi connectivity index (χ0v) is 23.9. The maximum atomic E-state index is 14.5. The summed E-state index contributed by atoms with van der Waals surface area (Å²) >= 11 is 0. The number of rotatable bonds is 9. The number of anilines is 1. The van der Waals surface area contributed by atoms with Crippen LogP contribution in [0.2, 0.25) is 0 Å². The highest BCUT2D eigenvalue weighted by molar-refractivity contribution is 6.26. The summed E-state index contributed by atoms with van der Waals surface area (Å²) < 4.78 is 17.6. The SMILES string of the molecule is CC(C)(C)OC(=O)CC[C@@]12N=C(c3ccc(OCCCO)cc3)O[C@@H]1c1ccccc1N(C(=O)c1ccccc1)C2=O. The minimum absolute atomic E-state index is 0.0236. The molecular formula is C33H34N2O7. The fourth-order valence-corrected chi connectivity index (χ4v) is 5.14. The molecule has 0 saturated heterocycles. The number of hydrogen-bond acceptors (Lipinski definition) is 8. The molecule has 0 unspecified atom stereocenters. The highest BCUT2D eigenvalue weighted by Crippen LogP contribution is 2.51. The Bertz CT molecular complexity index is 1490. The lowest BCUT2D eigenvalue weighted by molar-refractivity contribution is -0.155. The van der Waals surface area contributed by atoms with Crippen LogP contribution < -0.4 is 9.64 Å². The Kier molecular flexibility index (Phi) is 8.13. The summed E-state index contributed by atoms with van der Waals surface area (Å²) in [4.78, 5) is 47.2. The van der Waals surface area contributed by atoms with Crippen LogP contribution in [0.3, 0.4) is 0 Å². The first-order chi connectivity index (χ1) is 20.1. The van der Waals surface area contributed by atoms with Crippen molar-refractivity contribution in [1.82, 2.24) is 0 Å². The van der Waals surface area contributed by atoms with Gasteiger partial charge in [-0.2, -0.15) is 0 Å². The van der Waals surface area contributed by atoms with Crippen LogP contribution in [0.1, 0.15) is 67.6 Å². The van der Waals surface area contributed by atoms with Gasteiger partial charge in [-0.3, -0.25) is 14.4 Å². The number of carbonyl (C=O) groups excluding carboxylic acids is 3. The van der Waals surface area contributed by atoms with E-state index < -0.39 is 35.0 Å². The largest absolute Gasteiger partial charge is 0.494 e. The van der Waals surface area contributed by atoms with Crippen LogP contribution >= 0.6 is 0 Å². The Balaban J connectivity index is 1.56. The number of aliphatic hydroxyl groups is 1. The standard InChI is InChI=1S/C33H34N2O7/c1-32(2,3)42-27(37)18-19-33-28(41-29(34-33)22-14-16-24(17-15-22)40-21-9-20-36)25-12-7-8-13-26(25)35(31(33)39)30(38)23-10-5-4-6-11-23/h4-8,10-17,28,36H,9,18-21H2,1-3H3/t28-,33-/m1/s1. The van der Waals surface area contributed by atoms with Gasteiger partial charge >= 0.3 is 5.97 Å². The summed E-state index contributed by atoms with van der Waals surface area (Å²) in [6.07, 6.45) is -0.477. The lowest BCUT2D eigenvalue weighted by Crippen LogP contribution is -2.56. The Hall–Kier alpha value is -4.50. The minimum atomic E-state index is -1.58. The Morgan fingerprint density at radius 2 is 1.69 bits per heavy atom. The third-order valence-electron chi connectivity index (χ3n) is 7.02. The lowest BCUT2D eigenvalue weighted by atomic mass is 9.79. The van der Waals surface area contributed by atoms with Gasteiger partial charge in [0.05, 0.1) is 12.3 Å². The van der Waals surface area contributed by atoms with Gasteiger partial charge in [0, 0.05) is 36.1 Å². The molecule has 2 atom stereocenters. The third kappa shape index (κ3) is 5.78. The molecule has 2 amide bonds. The summed E-state index contributed by atoms with van der Waals surface area (Å²) in [7, 11) is 0. The van der Waals surface area contributed by atoms with E-state index in [2.05, 4.69) is 0 Å². The van der Waals surface area contributed by atoms with Crippen LogP contribution in [0.25, 0.3) is 0 Å². The van der Waals surface area contributed by atoms with Crippen LogP contribution in [0, 0.1) is 0 Å². The Labute approximate surface area is 244 Å². The number of benzene rings is 3. The number of imide groups is 1. The van der Waals surface area contributed by atoms with E-state index in [-0.39, 0.29) is 25.3 Å². The van der Waals surface area contributed by atoms with Gasteiger partial charge in [0.25, 0.3) is 11.8 Å². The molecule has 9 heteroatoms. The fraction of sp³-hybridized carbons (Fsp3) is 0.333.